The summed E-state index contributed by atoms with van der Waals surface area (Å²) in [5.41, 5.74) is 0. The summed E-state index contributed by atoms with van der Waals surface area (Å²) in [5, 5.41) is 25.6. The van der Waals surface area contributed by atoms with E-state index in [1.807, 2.05) is 41.5 Å². The first kappa shape index (κ1) is 37.3. The van der Waals surface area contributed by atoms with Gasteiger partial charge in [0.15, 0.2) is 0 Å². The summed E-state index contributed by atoms with van der Waals surface area (Å²) in [6.07, 6.45) is 4.14. The summed E-state index contributed by atoms with van der Waals surface area (Å²) >= 11 is 0. The predicted octanol–water partition coefficient (Wildman–Crippen LogP) is 6.68. The van der Waals surface area contributed by atoms with E-state index in [-0.39, 0.29) is 36.6 Å². The second-order valence-corrected chi connectivity index (χ2v) is 14.0. The van der Waals surface area contributed by atoms with Crippen LogP contribution in [0.2, 0.25) is 0 Å². The minimum absolute atomic E-state index is 0.0977. The van der Waals surface area contributed by atoms with Crippen LogP contribution < -0.4 is 44.3 Å². The number of hydrogen-bond donors (Lipinski definition) is 3. The van der Waals surface area contributed by atoms with Gasteiger partial charge in [-0.25, -0.2) is 15.3 Å². The van der Waals surface area contributed by atoms with Crippen molar-refractivity contribution in [3.63, 3.8) is 0 Å². The number of aromatic amines is 3. The minimum atomic E-state index is -1.70. The largest absolute Gasteiger partial charge is 0.474 e. The molecule has 0 aliphatic heterocycles. The lowest BCUT2D eigenvalue weighted by Gasteiger charge is -2.25. The Bertz CT molecular complexity index is 1080. The van der Waals surface area contributed by atoms with Gasteiger partial charge < -0.3 is 28.4 Å². The maximum absolute atomic E-state index is 6.53. The number of rotatable bonds is 21. The molecule has 0 aliphatic carbocycles. The molecule has 3 aromatic heterocycles. The lowest BCUT2D eigenvalue weighted by atomic mass is 10.3. The van der Waals surface area contributed by atoms with Crippen molar-refractivity contribution >= 4 is 23.8 Å². The summed E-state index contributed by atoms with van der Waals surface area (Å²) in [6, 6.07) is 0. The van der Waals surface area contributed by atoms with E-state index in [9.17, 15) is 0 Å². The van der Waals surface area contributed by atoms with Crippen LogP contribution in [0.4, 0.5) is 0 Å². The monoisotopic (exact) mass is 664 g/mol. The van der Waals surface area contributed by atoms with E-state index in [1.54, 1.807) is 0 Å². The molecule has 3 heterocycles. The van der Waals surface area contributed by atoms with E-state index in [0.717, 1.165) is 38.5 Å². The molecule has 0 bridgehead atoms. The Morgan fingerprint density at radius 3 is 0.848 bits per heavy atom. The van der Waals surface area contributed by atoms with Gasteiger partial charge in [-0.2, -0.15) is 0 Å². The fourth-order valence-electron chi connectivity index (χ4n) is 4.01. The lowest BCUT2D eigenvalue weighted by Crippen LogP contribution is -2.30. The topological polar surface area (TPSA) is 141 Å². The number of nitrogens with one attached hydrogen (secondary N) is 3. The van der Waals surface area contributed by atoms with Crippen molar-refractivity contribution in [2.45, 2.75) is 158 Å². The Balaban J connectivity index is 2.50. The van der Waals surface area contributed by atoms with Crippen LogP contribution >= 0.6 is 7.92 Å². The van der Waals surface area contributed by atoms with E-state index < -0.39 is 7.92 Å². The molecule has 46 heavy (non-hydrogen) atoms. The Hall–Kier alpha value is -3.14. The molecule has 0 aliphatic rings. The second kappa shape index (κ2) is 17.7. The van der Waals surface area contributed by atoms with E-state index in [2.05, 4.69) is 72.1 Å². The van der Waals surface area contributed by atoms with Crippen LogP contribution in [0.3, 0.4) is 0 Å². The standard InChI is InChI=1S/C33H57N6O6P/c1-13-19(7)40-28-25(29(35-34-28)41-20(8)14-2)46(26-30(42-21(9)15-3)36-37-31(26)43-22(10)16-4)27-32(44-23(11)17-5)38-39-33(27)45-24(12)18-6/h19-24H,13-18H2,1-12H3,(H,34,35)(H,36,37)(H,38,39). The highest BCUT2D eigenvalue weighted by atomic mass is 31.1. The second-order valence-electron chi connectivity index (χ2n) is 12.0. The normalized spacial score (nSPS) is 16.2. The van der Waals surface area contributed by atoms with Crippen LogP contribution in [-0.4, -0.2) is 67.2 Å². The third kappa shape index (κ3) is 9.23. The quantitative estimate of drug-likeness (QED) is 0.106. The van der Waals surface area contributed by atoms with Crippen molar-refractivity contribution in [3.05, 3.63) is 0 Å². The van der Waals surface area contributed by atoms with Crippen molar-refractivity contribution in [1.29, 1.82) is 0 Å². The molecular weight excluding hydrogens is 607 g/mol. The number of nitrogens with zero attached hydrogens (tertiary/aromatic N) is 3. The molecule has 3 aromatic rings. The number of hydrogen-bond acceptors (Lipinski definition) is 9. The van der Waals surface area contributed by atoms with Gasteiger partial charge in [-0.1, -0.05) is 41.5 Å². The SMILES string of the molecule is CCC(C)Oc1n[nH]c(OC(C)CC)c1P(c1c(OC(C)CC)n[nH]c1OC(C)CC)c1c(OC(C)CC)n[nH]c1OC(C)CC. The van der Waals surface area contributed by atoms with E-state index in [0.29, 0.717) is 51.2 Å². The van der Waals surface area contributed by atoms with Gasteiger partial charge in [0.1, 0.15) is 15.9 Å². The van der Waals surface area contributed by atoms with Crippen LogP contribution in [0.15, 0.2) is 0 Å². The number of ether oxygens (including phenoxy) is 6. The van der Waals surface area contributed by atoms with Gasteiger partial charge in [0, 0.05) is 7.92 Å². The van der Waals surface area contributed by atoms with Crippen LogP contribution in [-0.2, 0) is 0 Å². The fourth-order valence-corrected chi connectivity index (χ4v) is 6.48. The Morgan fingerprint density at radius 1 is 0.413 bits per heavy atom. The van der Waals surface area contributed by atoms with Crippen molar-refractivity contribution in [1.82, 2.24) is 30.6 Å². The molecule has 0 amide bonds. The summed E-state index contributed by atoms with van der Waals surface area (Å²) in [5.74, 6) is 2.76. The molecule has 6 atom stereocenters. The zero-order valence-corrected chi connectivity index (χ0v) is 30.8. The van der Waals surface area contributed by atoms with Crippen molar-refractivity contribution in [2.24, 2.45) is 0 Å². The molecule has 3 N–H and O–H groups in total. The number of H-pyrrole nitrogens is 3. The Morgan fingerprint density at radius 2 is 0.630 bits per heavy atom. The molecule has 0 saturated carbocycles. The molecule has 0 aromatic carbocycles. The molecule has 3 rings (SSSR count). The first-order valence-electron chi connectivity index (χ1n) is 17.1. The first-order chi connectivity index (χ1) is 22.0. The van der Waals surface area contributed by atoms with E-state index >= 15 is 0 Å². The highest BCUT2D eigenvalue weighted by Gasteiger charge is 2.41. The lowest BCUT2D eigenvalue weighted by molar-refractivity contribution is 0.208. The van der Waals surface area contributed by atoms with Gasteiger partial charge in [0.2, 0.25) is 35.3 Å². The third-order valence-corrected chi connectivity index (χ3v) is 10.6. The highest BCUT2D eigenvalue weighted by molar-refractivity contribution is 7.81. The van der Waals surface area contributed by atoms with Crippen molar-refractivity contribution in [3.8, 4) is 35.3 Å². The predicted molar refractivity (Wildman–Crippen MR) is 184 cm³/mol. The zero-order chi connectivity index (χ0) is 34.0. The van der Waals surface area contributed by atoms with Gasteiger partial charge >= 0.3 is 0 Å². The first-order valence-corrected chi connectivity index (χ1v) is 18.4. The summed E-state index contributed by atoms with van der Waals surface area (Å²) in [6.45, 7) is 24.6. The maximum Gasteiger partial charge on any atom is 0.245 e. The molecule has 0 saturated heterocycles. The van der Waals surface area contributed by atoms with Crippen molar-refractivity contribution < 1.29 is 28.4 Å². The van der Waals surface area contributed by atoms with Crippen LogP contribution in [0, 0.1) is 0 Å². The summed E-state index contributed by atoms with van der Waals surface area (Å²) < 4.78 is 39.1. The Labute approximate surface area is 276 Å². The molecular formula is C33H57N6O6P. The van der Waals surface area contributed by atoms with Crippen LogP contribution in [0.1, 0.15) is 122 Å². The van der Waals surface area contributed by atoms with Crippen LogP contribution in [0.25, 0.3) is 0 Å². The van der Waals surface area contributed by atoms with Gasteiger partial charge in [0.25, 0.3) is 0 Å². The zero-order valence-electron chi connectivity index (χ0n) is 29.9. The van der Waals surface area contributed by atoms with Gasteiger partial charge in [-0.3, -0.25) is 0 Å². The molecule has 13 heteroatoms. The number of aromatic nitrogens is 6. The minimum Gasteiger partial charge on any atom is -0.474 e. The fraction of sp³-hybridized carbons (Fsp3) is 0.727. The summed E-state index contributed by atoms with van der Waals surface area (Å²) in [4.78, 5) is 0. The molecule has 260 valence electrons. The molecule has 12 nitrogen and oxygen atoms in total. The van der Waals surface area contributed by atoms with E-state index in [4.69, 9.17) is 28.4 Å². The molecule has 0 spiro atoms. The molecule has 0 radical (unpaired) electrons. The third-order valence-electron chi connectivity index (χ3n) is 8.05. The van der Waals surface area contributed by atoms with Gasteiger partial charge in [-0.05, 0) is 80.1 Å². The molecule has 6 unspecified atom stereocenters. The van der Waals surface area contributed by atoms with Crippen molar-refractivity contribution in [2.75, 3.05) is 0 Å². The average Bonchev–Trinajstić information content (AvgIpc) is 3.75. The smallest absolute Gasteiger partial charge is 0.245 e. The van der Waals surface area contributed by atoms with Crippen LogP contribution in [0.5, 0.6) is 35.3 Å². The summed E-state index contributed by atoms with van der Waals surface area (Å²) in [7, 11) is -1.70. The highest BCUT2D eigenvalue weighted by Crippen LogP contribution is 2.49. The Kier molecular flexibility index (Phi) is 14.3. The molecule has 0 fully saturated rings. The maximum atomic E-state index is 6.53. The van der Waals surface area contributed by atoms with Gasteiger partial charge in [0.05, 0.1) is 36.6 Å². The van der Waals surface area contributed by atoms with E-state index in [1.165, 1.54) is 0 Å². The average molecular weight is 665 g/mol. The van der Waals surface area contributed by atoms with Gasteiger partial charge in [-0.15, -0.1) is 15.3 Å².